The van der Waals surface area contributed by atoms with Gasteiger partial charge in [0.25, 0.3) is 5.91 Å². The monoisotopic (exact) mass is 242 g/mol. The van der Waals surface area contributed by atoms with Gasteiger partial charge in [-0.2, -0.15) is 0 Å². The molecule has 0 spiro atoms. The van der Waals surface area contributed by atoms with Crippen molar-refractivity contribution in [2.24, 2.45) is 0 Å². The molecule has 0 aliphatic carbocycles. The Morgan fingerprint density at radius 2 is 2.31 bits per heavy atom. The molecule has 1 fully saturated rings. The second-order valence-electron chi connectivity index (χ2n) is 4.14. The van der Waals surface area contributed by atoms with Crippen LogP contribution in [-0.2, 0) is 0 Å². The van der Waals surface area contributed by atoms with Crippen molar-refractivity contribution in [1.82, 2.24) is 9.88 Å². The van der Waals surface area contributed by atoms with Crippen LogP contribution in [0.4, 0.5) is 0 Å². The van der Waals surface area contributed by atoms with Gasteiger partial charge in [0, 0.05) is 20.0 Å². The van der Waals surface area contributed by atoms with E-state index in [1.54, 1.807) is 18.7 Å². The van der Waals surface area contributed by atoms with E-state index in [-0.39, 0.29) is 11.3 Å². The van der Waals surface area contributed by atoms with Gasteiger partial charge in [-0.25, -0.2) is 4.98 Å². The number of hydrogen-bond donors (Lipinski definition) is 0. The Balaban J connectivity index is 2.15. The fraction of sp³-hybridized carbons (Fsp3) is 0.636. The number of hydrogen-bond acceptors (Lipinski definition) is 3. The Hall–Kier alpha value is -1.03. The van der Waals surface area contributed by atoms with Crippen molar-refractivity contribution in [3.05, 3.63) is 17.3 Å². The summed E-state index contributed by atoms with van der Waals surface area (Å²) in [6.07, 6.45) is 1.92. The van der Waals surface area contributed by atoms with E-state index < -0.39 is 0 Å². The highest BCUT2D eigenvalue weighted by molar-refractivity contribution is 6.21. The summed E-state index contributed by atoms with van der Waals surface area (Å²) >= 11 is 6.05. The fourth-order valence-electron chi connectivity index (χ4n) is 1.98. The molecule has 1 aliphatic heterocycles. The first kappa shape index (κ1) is 11.5. The number of aryl methyl sites for hydroxylation is 2. The molecule has 2 rings (SSSR count). The first-order valence-corrected chi connectivity index (χ1v) is 5.89. The molecule has 1 unspecified atom stereocenters. The van der Waals surface area contributed by atoms with Crippen LogP contribution in [-0.4, -0.2) is 34.3 Å². The normalized spacial score (nSPS) is 21.2. The molecule has 5 heteroatoms. The van der Waals surface area contributed by atoms with Crippen LogP contribution in [0.5, 0.6) is 0 Å². The maximum atomic E-state index is 12.1. The van der Waals surface area contributed by atoms with Crippen molar-refractivity contribution in [3.63, 3.8) is 0 Å². The van der Waals surface area contributed by atoms with Crippen molar-refractivity contribution in [2.75, 3.05) is 13.1 Å². The maximum Gasteiger partial charge on any atom is 0.291 e. The Morgan fingerprint density at radius 3 is 2.88 bits per heavy atom. The zero-order chi connectivity index (χ0) is 11.7. The van der Waals surface area contributed by atoms with Gasteiger partial charge in [-0.05, 0) is 19.8 Å². The van der Waals surface area contributed by atoms with Crippen molar-refractivity contribution in [3.8, 4) is 0 Å². The Morgan fingerprint density at radius 1 is 1.56 bits per heavy atom. The Kier molecular flexibility index (Phi) is 3.19. The van der Waals surface area contributed by atoms with Gasteiger partial charge in [0.2, 0.25) is 5.76 Å². The molecule has 1 atom stereocenters. The van der Waals surface area contributed by atoms with E-state index in [2.05, 4.69) is 4.98 Å². The smallest absolute Gasteiger partial charge is 0.291 e. The van der Waals surface area contributed by atoms with Gasteiger partial charge in [-0.3, -0.25) is 4.79 Å². The third-order valence-electron chi connectivity index (χ3n) is 2.75. The SMILES string of the molecule is Cc1nc(C)c(C(=O)N2CCCC(Cl)C2)o1. The van der Waals surface area contributed by atoms with E-state index in [4.69, 9.17) is 16.0 Å². The van der Waals surface area contributed by atoms with Gasteiger partial charge in [-0.15, -0.1) is 11.6 Å². The lowest BCUT2D eigenvalue weighted by atomic mass is 10.1. The summed E-state index contributed by atoms with van der Waals surface area (Å²) in [4.78, 5) is 18.0. The standard InChI is InChI=1S/C11H15ClN2O2/c1-7-10(16-8(2)13-7)11(15)14-5-3-4-9(12)6-14/h9H,3-6H2,1-2H3. The van der Waals surface area contributed by atoms with Crippen LogP contribution in [0.25, 0.3) is 0 Å². The van der Waals surface area contributed by atoms with Crippen molar-refractivity contribution >= 4 is 17.5 Å². The highest BCUT2D eigenvalue weighted by atomic mass is 35.5. The molecule has 16 heavy (non-hydrogen) atoms. The predicted molar refractivity (Wildman–Crippen MR) is 60.8 cm³/mol. The summed E-state index contributed by atoms with van der Waals surface area (Å²) in [5.74, 6) is 0.784. The molecule has 1 aromatic heterocycles. The number of carbonyl (C=O) groups is 1. The number of amides is 1. The molecule has 1 aliphatic rings. The molecule has 4 nitrogen and oxygen atoms in total. The summed E-state index contributed by atoms with van der Waals surface area (Å²) in [5.41, 5.74) is 0.652. The van der Waals surface area contributed by atoms with E-state index in [0.717, 1.165) is 19.4 Å². The lowest BCUT2D eigenvalue weighted by molar-refractivity contribution is 0.0692. The summed E-state index contributed by atoms with van der Waals surface area (Å²) < 4.78 is 5.32. The molecule has 0 saturated carbocycles. The average Bonchev–Trinajstić information content (AvgIpc) is 2.57. The maximum absolute atomic E-state index is 12.1. The summed E-state index contributed by atoms with van der Waals surface area (Å²) in [6, 6.07) is 0. The first-order chi connectivity index (χ1) is 7.58. The van der Waals surface area contributed by atoms with Gasteiger partial charge >= 0.3 is 0 Å². The quantitative estimate of drug-likeness (QED) is 0.709. The van der Waals surface area contributed by atoms with Crippen LogP contribution in [0.3, 0.4) is 0 Å². The number of aromatic nitrogens is 1. The number of oxazole rings is 1. The molecule has 0 N–H and O–H groups in total. The van der Waals surface area contributed by atoms with E-state index in [0.29, 0.717) is 23.9 Å². The number of rotatable bonds is 1. The predicted octanol–water partition coefficient (Wildman–Crippen LogP) is 2.13. The topological polar surface area (TPSA) is 46.3 Å². The molecule has 1 aromatic rings. The lowest BCUT2D eigenvalue weighted by Gasteiger charge is -2.29. The number of piperidine rings is 1. The molecular weight excluding hydrogens is 228 g/mol. The van der Waals surface area contributed by atoms with E-state index in [1.807, 2.05) is 0 Å². The first-order valence-electron chi connectivity index (χ1n) is 5.45. The molecule has 0 radical (unpaired) electrons. The van der Waals surface area contributed by atoms with Crippen molar-refractivity contribution in [1.29, 1.82) is 0 Å². The minimum absolute atomic E-state index is 0.0574. The lowest BCUT2D eigenvalue weighted by Crippen LogP contribution is -2.40. The fourth-order valence-corrected chi connectivity index (χ4v) is 2.30. The summed E-state index contributed by atoms with van der Waals surface area (Å²) in [5, 5.41) is 0.0574. The molecule has 0 aromatic carbocycles. The number of likely N-dealkylation sites (tertiary alicyclic amines) is 1. The highest BCUT2D eigenvalue weighted by Crippen LogP contribution is 2.19. The van der Waals surface area contributed by atoms with Gasteiger partial charge < -0.3 is 9.32 Å². The zero-order valence-corrected chi connectivity index (χ0v) is 10.3. The molecule has 2 heterocycles. The molecule has 0 bridgehead atoms. The van der Waals surface area contributed by atoms with Crippen LogP contribution in [0.2, 0.25) is 0 Å². The third-order valence-corrected chi connectivity index (χ3v) is 3.11. The largest absolute Gasteiger partial charge is 0.436 e. The Labute approximate surface area is 99.6 Å². The third kappa shape index (κ3) is 2.21. The molecule has 1 amide bonds. The molecular formula is C11H15ClN2O2. The second kappa shape index (κ2) is 4.45. The minimum Gasteiger partial charge on any atom is -0.436 e. The van der Waals surface area contributed by atoms with Crippen molar-refractivity contribution < 1.29 is 9.21 Å². The van der Waals surface area contributed by atoms with Crippen LogP contribution in [0, 0.1) is 13.8 Å². The number of nitrogens with zero attached hydrogens (tertiary/aromatic N) is 2. The van der Waals surface area contributed by atoms with E-state index in [9.17, 15) is 4.79 Å². The van der Waals surface area contributed by atoms with Crippen LogP contribution in [0.15, 0.2) is 4.42 Å². The zero-order valence-electron chi connectivity index (χ0n) is 9.49. The van der Waals surface area contributed by atoms with Crippen LogP contribution in [0.1, 0.15) is 35.0 Å². The van der Waals surface area contributed by atoms with Gasteiger partial charge in [0.15, 0.2) is 5.89 Å². The van der Waals surface area contributed by atoms with E-state index >= 15 is 0 Å². The average molecular weight is 243 g/mol. The number of alkyl halides is 1. The highest BCUT2D eigenvalue weighted by Gasteiger charge is 2.26. The van der Waals surface area contributed by atoms with Crippen LogP contribution >= 0.6 is 11.6 Å². The number of carbonyl (C=O) groups excluding carboxylic acids is 1. The summed E-state index contributed by atoms with van der Waals surface area (Å²) in [7, 11) is 0. The molecule has 88 valence electrons. The Bertz CT molecular complexity index is 403. The molecule has 1 saturated heterocycles. The summed E-state index contributed by atoms with van der Waals surface area (Å²) in [6.45, 7) is 4.87. The van der Waals surface area contributed by atoms with Crippen LogP contribution < -0.4 is 0 Å². The van der Waals surface area contributed by atoms with Gasteiger partial charge in [0.1, 0.15) is 0 Å². The van der Waals surface area contributed by atoms with Gasteiger partial charge in [-0.1, -0.05) is 0 Å². The van der Waals surface area contributed by atoms with E-state index in [1.165, 1.54) is 0 Å². The van der Waals surface area contributed by atoms with Gasteiger partial charge in [0.05, 0.1) is 11.1 Å². The minimum atomic E-state index is -0.0940. The number of halogens is 1. The van der Waals surface area contributed by atoms with Crippen molar-refractivity contribution in [2.45, 2.75) is 32.1 Å². The second-order valence-corrected chi connectivity index (χ2v) is 4.76.